The first-order valence-corrected chi connectivity index (χ1v) is 7.78. The zero-order valence-corrected chi connectivity index (χ0v) is 13.7. The fourth-order valence-corrected chi connectivity index (χ4v) is 2.91. The minimum atomic E-state index is -0.724. The van der Waals surface area contributed by atoms with E-state index in [4.69, 9.17) is 10.5 Å². The molecule has 2 aromatic carbocycles. The molecule has 0 aromatic heterocycles. The molecule has 2 amide bonds. The highest BCUT2D eigenvalue weighted by molar-refractivity contribution is 6.05. The summed E-state index contributed by atoms with van der Waals surface area (Å²) < 4.78 is 5.23. The number of aliphatic hydroxyl groups is 1. The van der Waals surface area contributed by atoms with Gasteiger partial charge >= 0.3 is 0 Å². The van der Waals surface area contributed by atoms with Gasteiger partial charge < -0.3 is 25.8 Å². The molecule has 3 rings (SSSR count). The lowest BCUT2D eigenvalue weighted by Gasteiger charge is -2.37. The number of hydrogen-bond donors (Lipinski definition) is 3. The molecular weight excluding hydrogens is 322 g/mol. The Kier molecular flexibility index (Phi) is 4.58. The highest BCUT2D eigenvalue weighted by atomic mass is 16.5. The molecule has 1 aliphatic heterocycles. The zero-order chi connectivity index (χ0) is 18.0. The Morgan fingerprint density at radius 1 is 1.32 bits per heavy atom. The average molecular weight is 341 g/mol. The van der Waals surface area contributed by atoms with Gasteiger partial charge in [-0.15, -0.1) is 0 Å². The molecule has 0 aliphatic carbocycles. The number of anilines is 2. The number of aliphatic hydroxyl groups excluding tert-OH is 1. The molecule has 1 atom stereocenters. The van der Waals surface area contributed by atoms with Gasteiger partial charge in [0.2, 0.25) is 11.8 Å². The van der Waals surface area contributed by atoms with Crippen LogP contribution in [0.15, 0.2) is 42.5 Å². The summed E-state index contributed by atoms with van der Waals surface area (Å²) in [6.07, 6.45) is 0. The predicted octanol–water partition coefficient (Wildman–Crippen LogP) is 1.11. The number of nitrogens with one attached hydrogen (secondary N) is 1. The van der Waals surface area contributed by atoms with Gasteiger partial charge in [-0.1, -0.05) is 12.1 Å². The Balaban J connectivity index is 2.00. The third kappa shape index (κ3) is 3.27. The molecule has 1 aliphatic rings. The van der Waals surface area contributed by atoms with E-state index < -0.39 is 11.9 Å². The maximum atomic E-state index is 12.3. The van der Waals surface area contributed by atoms with Crippen LogP contribution in [0.4, 0.5) is 11.4 Å². The van der Waals surface area contributed by atoms with E-state index in [2.05, 4.69) is 5.32 Å². The lowest BCUT2D eigenvalue weighted by molar-refractivity contribution is -0.118. The summed E-state index contributed by atoms with van der Waals surface area (Å²) in [4.78, 5) is 25.5. The zero-order valence-electron chi connectivity index (χ0n) is 13.7. The van der Waals surface area contributed by atoms with Crippen LogP contribution in [0.2, 0.25) is 0 Å². The van der Waals surface area contributed by atoms with Crippen LogP contribution in [-0.4, -0.2) is 36.7 Å². The second-order valence-corrected chi connectivity index (χ2v) is 5.76. The Bertz CT molecular complexity index is 822. The molecule has 7 heteroatoms. The fraction of sp³-hybridized carbons (Fsp3) is 0.222. The number of hydrogen-bond acceptors (Lipinski definition) is 5. The largest absolute Gasteiger partial charge is 0.497 e. The molecule has 25 heavy (non-hydrogen) atoms. The maximum Gasteiger partial charge on any atom is 0.249 e. The third-order valence-electron chi connectivity index (χ3n) is 4.19. The topological polar surface area (TPSA) is 105 Å². The summed E-state index contributed by atoms with van der Waals surface area (Å²) in [5.41, 5.74) is 7.75. The molecule has 0 spiro atoms. The van der Waals surface area contributed by atoms with E-state index >= 15 is 0 Å². The number of benzene rings is 2. The number of methoxy groups -OCH3 is 1. The second kappa shape index (κ2) is 6.82. The van der Waals surface area contributed by atoms with Crippen LogP contribution in [0.25, 0.3) is 0 Å². The van der Waals surface area contributed by atoms with Crippen LogP contribution in [-0.2, 0) is 11.3 Å². The molecule has 130 valence electrons. The van der Waals surface area contributed by atoms with E-state index in [0.29, 0.717) is 29.2 Å². The van der Waals surface area contributed by atoms with E-state index in [-0.39, 0.29) is 12.5 Å². The molecule has 4 N–H and O–H groups in total. The Morgan fingerprint density at radius 3 is 2.80 bits per heavy atom. The third-order valence-corrected chi connectivity index (χ3v) is 4.19. The van der Waals surface area contributed by atoms with E-state index in [1.165, 1.54) is 0 Å². The van der Waals surface area contributed by atoms with Crippen molar-refractivity contribution in [2.45, 2.75) is 12.6 Å². The molecule has 7 nitrogen and oxygen atoms in total. The van der Waals surface area contributed by atoms with Crippen molar-refractivity contribution in [2.24, 2.45) is 5.73 Å². The number of primary amides is 1. The number of ether oxygens (including phenoxy) is 1. The van der Waals surface area contributed by atoms with Crippen molar-refractivity contribution in [3.8, 4) is 5.75 Å². The number of nitrogens with two attached hydrogens (primary N) is 1. The summed E-state index contributed by atoms with van der Waals surface area (Å²) >= 11 is 0. The molecular formula is C18H19N3O4. The number of amides is 2. The van der Waals surface area contributed by atoms with E-state index in [1.807, 2.05) is 24.3 Å². The Hall–Kier alpha value is -3.06. The van der Waals surface area contributed by atoms with Gasteiger partial charge in [-0.05, 0) is 35.9 Å². The Labute approximate surface area is 145 Å². The van der Waals surface area contributed by atoms with Gasteiger partial charge in [-0.3, -0.25) is 9.59 Å². The van der Waals surface area contributed by atoms with Crippen molar-refractivity contribution in [1.29, 1.82) is 0 Å². The molecule has 0 unspecified atom stereocenters. The van der Waals surface area contributed by atoms with Gasteiger partial charge in [0, 0.05) is 12.1 Å². The highest BCUT2D eigenvalue weighted by Crippen LogP contribution is 2.34. The van der Waals surface area contributed by atoms with Gasteiger partial charge in [0.15, 0.2) is 0 Å². The standard InChI is InChI=1S/C18H19N3O4/c1-25-13-4-2-3-11(7-13)9-21-15-6-5-12(17(19)23)8-14(15)20-18(24)16(21)10-22/h2-8,16,22H,9-10H2,1H3,(H2,19,23)(H,20,24)/t16-/m1/s1. The van der Waals surface area contributed by atoms with E-state index in [0.717, 1.165) is 5.56 Å². The van der Waals surface area contributed by atoms with Crippen LogP contribution in [0.5, 0.6) is 5.75 Å². The normalized spacial score (nSPS) is 16.2. The molecule has 1 heterocycles. The summed E-state index contributed by atoms with van der Waals surface area (Å²) in [7, 11) is 1.59. The first-order valence-electron chi connectivity index (χ1n) is 7.78. The van der Waals surface area contributed by atoms with Crippen LogP contribution in [0.1, 0.15) is 15.9 Å². The van der Waals surface area contributed by atoms with Gasteiger partial charge in [-0.2, -0.15) is 0 Å². The van der Waals surface area contributed by atoms with Crippen LogP contribution in [0, 0.1) is 0 Å². The maximum absolute atomic E-state index is 12.3. The van der Waals surface area contributed by atoms with Crippen molar-refractivity contribution in [3.05, 3.63) is 53.6 Å². The lowest BCUT2D eigenvalue weighted by atomic mass is 10.0. The highest BCUT2D eigenvalue weighted by Gasteiger charge is 2.32. The minimum absolute atomic E-state index is 0.308. The van der Waals surface area contributed by atoms with Crippen LogP contribution in [0.3, 0.4) is 0 Å². The number of rotatable bonds is 5. The van der Waals surface area contributed by atoms with Crippen molar-refractivity contribution in [2.75, 3.05) is 23.9 Å². The lowest BCUT2D eigenvalue weighted by Crippen LogP contribution is -2.49. The Morgan fingerprint density at radius 2 is 2.12 bits per heavy atom. The van der Waals surface area contributed by atoms with Gasteiger partial charge in [-0.25, -0.2) is 0 Å². The summed E-state index contributed by atoms with van der Waals surface area (Å²) in [6.45, 7) is 0.0750. The molecule has 0 fully saturated rings. The van der Waals surface area contributed by atoms with Gasteiger partial charge in [0.05, 0.1) is 25.1 Å². The molecule has 2 aromatic rings. The van der Waals surface area contributed by atoms with Gasteiger partial charge in [0.1, 0.15) is 11.8 Å². The number of nitrogens with zero attached hydrogens (tertiary/aromatic N) is 1. The van der Waals surface area contributed by atoms with Crippen molar-refractivity contribution < 1.29 is 19.4 Å². The fourth-order valence-electron chi connectivity index (χ4n) is 2.91. The second-order valence-electron chi connectivity index (χ2n) is 5.76. The average Bonchev–Trinajstić information content (AvgIpc) is 2.61. The number of fused-ring (bicyclic) bond motifs is 1. The number of carbonyl (C=O) groups excluding carboxylic acids is 2. The van der Waals surface area contributed by atoms with E-state index in [9.17, 15) is 14.7 Å². The predicted molar refractivity (Wildman–Crippen MR) is 93.6 cm³/mol. The smallest absolute Gasteiger partial charge is 0.249 e. The SMILES string of the molecule is COc1cccc(CN2c3ccc(C(N)=O)cc3NC(=O)[C@H]2CO)c1. The van der Waals surface area contributed by atoms with E-state index in [1.54, 1.807) is 30.2 Å². The first kappa shape index (κ1) is 16.8. The van der Waals surface area contributed by atoms with Crippen LogP contribution >= 0.6 is 0 Å². The summed E-state index contributed by atoms with van der Waals surface area (Å²) in [5, 5.41) is 12.4. The van der Waals surface area contributed by atoms with Gasteiger partial charge in [0.25, 0.3) is 0 Å². The molecule has 0 saturated heterocycles. The van der Waals surface area contributed by atoms with Crippen LogP contribution < -0.4 is 20.7 Å². The molecule has 0 saturated carbocycles. The summed E-state index contributed by atoms with van der Waals surface area (Å²) in [6, 6.07) is 11.6. The molecule has 0 bridgehead atoms. The molecule has 0 radical (unpaired) electrons. The quantitative estimate of drug-likeness (QED) is 0.756. The minimum Gasteiger partial charge on any atom is -0.497 e. The monoisotopic (exact) mass is 341 g/mol. The summed E-state index contributed by atoms with van der Waals surface area (Å²) in [5.74, 6) is -0.191. The number of carbonyl (C=O) groups is 2. The van der Waals surface area contributed by atoms with Crippen molar-refractivity contribution >= 4 is 23.2 Å². The van der Waals surface area contributed by atoms with Crippen molar-refractivity contribution in [3.63, 3.8) is 0 Å². The first-order chi connectivity index (χ1) is 12.0. The van der Waals surface area contributed by atoms with Crippen molar-refractivity contribution in [1.82, 2.24) is 0 Å².